The Kier molecular flexibility index (Phi) is 9.11. The van der Waals surface area contributed by atoms with Crippen molar-refractivity contribution in [3.8, 4) is 22.3 Å². The van der Waals surface area contributed by atoms with Crippen molar-refractivity contribution in [3.05, 3.63) is 274 Å². The Balaban J connectivity index is 1.14. The summed E-state index contributed by atoms with van der Waals surface area (Å²) in [6.07, 6.45) is 8.59. The van der Waals surface area contributed by atoms with Crippen LogP contribution in [0.4, 0.5) is 28.4 Å². The number of rotatable bonds is 8. The van der Waals surface area contributed by atoms with Crippen LogP contribution in [0.1, 0.15) is 50.9 Å². The number of fused-ring (bicyclic) bond motifs is 4. The van der Waals surface area contributed by atoms with E-state index in [-0.39, 0.29) is 0 Å². The fourth-order valence-corrected chi connectivity index (χ4v) is 11.6. The third-order valence-corrected chi connectivity index (χ3v) is 14.9. The Bertz CT molecular complexity index is 3540. The van der Waals surface area contributed by atoms with Crippen molar-refractivity contribution >= 4 is 55.9 Å². The van der Waals surface area contributed by atoms with E-state index in [9.17, 15) is 0 Å². The van der Waals surface area contributed by atoms with Crippen LogP contribution in [-0.4, -0.2) is 0 Å². The second-order valence-electron chi connectivity index (χ2n) is 19.2. The fraction of sp³-hybridized carbons (Fsp3) is 0.0909. The van der Waals surface area contributed by atoms with Gasteiger partial charge in [-0.15, -0.1) is 0 Å². The molecule has 0 aliphatic heterocycles. The highest BCUT2D eigenvalue weighted by Gasteiger charge is 2.54. The molecule has 2 nitrogen and oxygen atoms in total. The molecule has 0 aromatic heterocycles. The topological polar surface area (TPSA) is 6.48 Å². The van der Waals surface area contributed by atoms with Gasteiger partial charge in [0.05, 0.1) is 11.1 Å². The first-order valence-corrected chi connectivity index (χ1v) is 24.0. The molecule has 1 unspecified atom stereocenters. The Labute approximate surface area is 399 Å². The predicted octanol–water partition coefficient (Wildman–Crippen LogP) is 17.5. The molecule has 0 N–H and O–H groups in total. The van der Waals surface area contributed by atoms with Crippen LogP contribution < -0.4 is 9.80 Å². The van der Waals surface area contributed by atoms with Crippen LogP contribution in [0.25, 0.3) is 49.7 Å². The monoisotopic (exact) mass is 870 g/mol. The van der Waals surface area contributed by atoms with Gasteiger partial charge in [-0.1, -0.05) is 156 Å². The minimum Gasteiger partial charge on any atom is -0.311 e. The predicted molar refractivity (Wildman–Crippen MR) is 287 cm³/mol. The molecule has 0 fully saturated rings. The summed E-state index contributed by atoms with van der Waals surface area (Å²) in [5.41, 5.74) is 26.9. The molecular formula is C66H50N2. The Morgan fingerprint density at radius 3 is 1.53 bits per heavy atom. The molecule has 9 aromatic rings. The van der Waals surface area contributed by atoms with E-state index < -0.39 is 5.41 Å². The summed E-state index contributed by atoms with van der Waals surface area (Å²) in [6.45, 7) is 8.69. The maximum atomic E-state index is 2.65. The van der Waals surface area contributed by atoms with E-state index >= 15 is 0 Å². The van der Waals surface area contributed by atoms with Crippen molar-refractivity contribution in [1.82, 2.24) is 0 Å². The first-order chi connectivity index (χ1) is 33.3. The van der Waals surface area contributed by atoms with Gasteiger partial charge in [0.25, 0.3) is 0 Å². The van der Waals surface area contributed by atoms with Crippen LogP contribution in [-0.2, 0) is 5.41 Å². The smallest absolute Gasteiger partial charge is 0.0674 e. The van der Waals surface area contributed by atoms with E-state index in [1.54, 1.807) is 0 Å². The summed E-state index contributed by atoms with van der Waals surface area (Å²) >= 11 is 0. The minimum absolute atomic E-state index is 0.625. The molecule has 1 spiro atoms. The van der Waals surface area contributed by atoms with Crippen LogP contribution in [0.15, 0.2) is 230 Å². The van der Waals surface area contributed by atoms with Crippen molar-refractivity contribution in [2.75, 3.05) is 9.80 Å². The van der Waals surface area contributed by atoms with Gasteiger partial charge in [0, 0.05) is 34.0 Å². The van der Waals surface area contributed by atoms with E-state index in [2.05, 4.69) is 256 Å². The molecule has 0 radical (unpaired) electrons. The zero-order valence-corrected chi connectivity index (χ0v) is 38.9. The summed E-state index contributed by atoms with van der Waals surface area (Å²) in [5.74, 6) is 0. The molecular weight excluding hydrogens is 821 g/mol. The summed E-state index contributed by atoms with van der Waals surface area (Å²) in [5, 5.41) is 2.57. The highest BCUT2D eigenvalue weighted by molar-refractivity contribution is 6.20. The Hall–Kier alpha value is -8.20. The van der Waals surface area contributed by atoms with E-state index in [4.69, 9.17) is 0 Å². The normalized spacial score (nSPS) is 16.1. The molecule has 1 atom stereocenters. The second kappa shape index (κ2) is 15.4. The number of aryl methyl sites for hydroxylation is 4. The molecule has 68 heavy (non-hydrogen) atoms. The highest BCUT2D eigenvalue weighted by Crippen LogP contribution is 2.68. The van der Waals surface area contributed by atoms with Crippen LogP contribution >= 0.6 is 0 Å². The maximum Gasteiger partial charge on any atom is 0.0674 e. The minimum atomic E-state index is -0.625. The Morgan fingerprint density at radius 1 is 0.441 bits per heavy atom. The lowest BCUT2D eigenvalue weighted by molar-refractivity contribution is 0.839. The largest absolute Gasteiger partial charge is 0.311 e. The van der Waals surface area contributed by atoms with Gasteiger partial charge in [0.15, 0.2) is 0 Å². The van der Waals surface area contributed by atoms with Crippen molar-refractivity contribution in [2.45, 2.75) is 39.5 Å². The van der Waals surface area contributed by atoms with Crippen LogP contribution in [0.3, 0.4) is 0 Å². The van der Waals surface area contributed by atoms with Crippen molar-refractivity contribution in [1.29, 1.82) is 0 Å². The SMILES string of the molecule is Cc1ccc(N(C2=CC34C(=CCC5=C3C(=C2)c2ccc(-c3ccccc3)cc25)c2c(N(c3ccc(C)cc3)c3ccc(C)cc3)ccc3cc(-c5ccccc5)cc4c23)c2ccc(C)cc2)cc1. The van der Waals surface area contributed by atoms with Crippen molar-refractivity contribution in [3.63, 3.8) is 0 Å². The highest BCUT2D eigenvalue weighted by atomic mass is 15.2. The summed E-state index contributed by atoms with van der Waals surface area (Å²) in [7, 11) is 0. The zero-order chi connectivity index (χ0) is 45.7. The van der Waals surface area contributed by atoms with Gasteiger partial charge >= 0.3 is 0 Å². The molecule has 9 aromatic carbocycles. The molecule has 4 aliphatic carbocycles. The molecule has 13 rings (SSSR count). The van der Waals surface area contributed by atoms with E-state index in [1.807, 2.05) is 0 Å². The van der Waals surface area contributed by atoms with Gasteiger partial charge in [0.1, 0.15) is 0 Å². The standard InChI is InChI=1S/C66H50N2/c1-42-15-25-51(26-16-42)67(52-27-17-43(2)18-28-52)55-40-59-56-33-23-48(46-11-7-5-8-12-46)38-58(56)57-34-35-60-64-62(68(53-29-19-44(3)20-30-53)54-31-21-45(4)22-32-54)36-24-49-37-50(47-13-9-6-10-14-47)39-61(63(49)64)66(60,41-55)65(57)59/h5-33,35-41H,34H2,1-4H3. The van der Waals surface area contributed by atoms with E-state index in [0.29, 0.717) is 0 Å². The molecule has 0 bridgehead atoms. The molecule has 2 heteroatoms. The van der Waals surface area contributed by atoms with E-state index in [0.717, 1.165) is 34.9 Å². The molecule has 0 saturated carbocycles. The van der Waals surface area contributed by atoms with Gasteiger partial charge < -0.3 is 9.80 Å². The Morgan fingerprint density at radius 2 is 0.971 bits per heavy atom. The first-order valence-electron chi connectivity index (χ1n) is 24.0. The summed E-state index contributed by atoms with van der Waals surface area (Å²) in [4.78, 5) is 4.99. The number of nitrogens with zero attached hydrogens (tertiary/aromatic N) is 2. The van der Waals surface area contributed by atoms with Gasteiger partial charge in [-0.25, -0.2) is 0 Å². The number of allylic oxidation sites excluding steroid dienone is 7. The van der Waals surface area contributed by atoms with Crippen molar-refractivity contribution < 1.29 is 0 Å². The third-order valence-electron chi connectivity index (χ3n) is 14.9. The quantitative estimate of drug-likeness (QED) is 0.150. The first kappa shape index (κ1) is 40.1. The fourth-order valence-electron chi connectivity index (χ4n) is 11.6. The van der Waals surface area contributed by atoms with Crippen LogP contribution in [0.2, 0.25) is 0 Å². The third kappa shape index (κ3) is 6.17. The number of hydrogen-bond acceptors (Lipinski definition) is 2. The average molecular weight is 871 g/mol. The molecule has 324 valence electrons. The van der Waals surface area contributed by atoms with Crippen molar-refractivity contribution in [2.24, 2.45) is 0 Å². The van der Waals surface area contributed by atoms with Gasteiger partial charge in [-0.2, -0.15) is 0 Å². The molecule has 0 amide bonds. The van der Waals surface area contributed by atoms with Gasteiger partial charge in [-0.05, 0) is 191 Å². The second-order valence-corrected chi connectivity index (χ2v) is 19.2. The van der Waals surface area contributed by atoms with Gasteiger partial charge in [-0.3, -0.25) is 0 Å². The lowest BCUT2D eigenvalue weighted by atomic mass is 9.63. The molecule has 0 heterocycles. The number of benzene rings is 9. The lowest BCUT2D eigenvalue weighted by Crippen LogP contribution is -2.32. The zero-order valence-electron chi connectivity index (χ0n) is 38.9. The summed E-state index contributed by atoms with van der Waals surface area (Å²) in [6, 6.07) is 75.0. The molecule has 4 aliphatic rings. The summed E-state index contributed by atoms with van der Waals surface area (Å²) < 4.78 is 0. The molecule has 0 saturated heterocycles. The number of anilines is 5. The number of hydrogen-bond donors (Lipinski definition) is 0. The van der Waals surface area contributed by atoms with Gasteiger partial charge in [0.2, 0.25) is 0 Å². The van der Waals surface area contributed by atoms with Crippen LogP contribution in [0.5, 0.6) is 0 Å². The van der Waals surface area contributed by atoms with Crippen LogP contribution in [0, 0.1) is 27.7 Å². The lowest BCUT2D eigenvalue weighted by Gasteiger charge is -2.42. The maximum absolute atomic E-state index is 2.65. The average Bonchev–Trinajstić information content (AvgIpc) is 3.85. The van der Waals surface area contributed by atoms with E-state index in [1.165, 1.54) is 106 Å².